The van der Waals surface area contributed by atoms with Gasteiger partial charge in [-0.2, -0.15) is 0 Å². The van der Waals surface area contributed by atoms with E-state index in [9.17, 15) is 14.7 Å². The van der Waals surface area contributed by atoms with Crippen LogP contribution in [0.15, 0.2) is 53.5 Å². The van der Waals surface area contributed by atoms with Gasteiger partial charge in [0.15, 0.2) is 5.82 Å². The molecule has 34 heavy (non-hydrogen) atoms. The maximum absolute atomic E-state index is 15.7. The minimum atomic E-state index is -1.35. The summed E-state index contributed by atoms with van der Waals surface area (Å²) in [6, 6.07) is 11.8. The molecule has 0 radical (unpaired) electrons. The maximum atomic E-state index is 15.7. The molecule has 0 atom stereocenters. The van der Waals surface area contributed by atoms with E-state index < -0.39 is 28.6 Å². The van der Waals surface area contributed by atoms with Crippen molar-refractivity contribution in [1.29, 1.82) is 0 Å². The summed E-state index contributed by atoms with van der Waals surface area (Å²) in [5, 5.41) is 9.56. The maximum Gasteiger partial charge on any atom is 0.341 e. The SMILES string of the molecule is NC1(c2ccccc2)CN(c2c(F)cc3cc4c(=O)c(C(=O)O)cn(C5CC5)c4nc3c2F)C1. The number of hydrogen-bond acceptors (Lipinski definition) is 5. The summed E-state index contributed by atoms with van der Waals surface area (Å²) in [7, 11) is 0. The molecule has 2 fully saturated rings. The number of carbonyl (C=O) groups is 1. The molecule has 1 aliphatic carbocycles. The molecule has 1 saturated heterocycles. The predicted molar refractivity (Wildman–Crippen MR) is 123 cm³/mol. The minimum Gasteiger partial charge on any atom is -0.477 e. The van der Waals surface area contributed by atoms with E-state index in [1.807, 2.05) is 30.3 Å². The average molecular weight is 462 g/mol. The van der Waals surface area contributed by atoms with Crippen molar-refractivity contribution in [2.24, 2.45) is 5.73 Å². The Kier molecular flexibility index (Phi) is 4.31. The number of fused-ring (bicyclic) bond motifs is 2. The third-order valence-electron chi connectivity index (χ3n) is 6.74. The third kappa shape index (κ3) is 3.00. The van der Waals surface area contributed by atoms with Gasteiger partial charge < -0.3 is 20.3 Å². The van der Waals surface area contributed by atoms with Gasteiger partial charge in [-0.05, 0) is 30.5 Å². The molecule has 2 aromatic heterocycles. The van der Waals surface area contributed by atoms with E-state index in [1.165, 1.54) is 12.3 Å². The number of nitrogens with zero attached hydrogens (tertiary/aromatic N) is 3. The largest absolute Gasteiger partial charge is 0.477 e. The summed E-state index contributed by atoms with van der Waals surface area (Å²) in [5.41, 5.74) is 5.44. The van der Waals surface area contributed by atoms with Gasteiger partial charge in [-0.1, -0.05) is 30.3 Å². The molecule has 1 aliphatic heterocycles. The average Bonchev–Trinajstić information content (AvgIpc) is 3.63. The number of carboxylic acid groups (broad SMARTS) is 1. The first-order valence-electron chi connectivity index (χ1n) is 11.0. The molecule has 9 heteroatoms. The molecule has 1 saturated carbocycles. The summed E-state index contributed by atoms with van der Waals surface area (Å²) in [6.07, 6.45) is 2.88. The molecule has 0 amide bonds. The number of benzene rings is 2. The van der Waals surface area contributed by atoms with Crippen LogP contribution in [-0.2, 0) is 5.54 Å². The summed E-state index contributed by atoms with van der Waals surface area (Å²) < 4.78 is 32.4. The third-order valence-corrected chi connectivity index (χ3v) is 6.74. The van der Waals surface area contributed by atoms with Crippen LogP contribution >= 0.6 is 0 Å². The van der Waals surface area contributed by atoms with Crippen LogP contribution in [0.5, 0.6) is 0 Å². The second kappa shape index (κ2) is 7.07. The lowest BCUT2D eigenvalue weighted by Crippen LogP contribution is -2.65. The molecule has 3 N–H and O–H groups in total. The topological polar surface area (TPSA) is 101 Å². The highest BCUT2D eigenvalue weighted by Gasteiger charge is 2.43. The highest BCUT2D eigenvalue weighted by Crippen LogP contribution is 2.40. The number of aromatic carboxylic acids is 1. The molecule has 2 aromatic carbocycles. The summed E-state index contributed by atoms with van der Waals surface area (Å²) in [5.74, 6) is -2.97. The molecule has 0 spiro atoms. The monoisotopic (exact) mass is 462 g/mol. The van der Waals surface area contributed by atoms with E-state index in [-0.39, 0.29) is 52.3 Å². The number of rotatable bonds is 4. The van der Waals surface area contributed by atoms with Crippen molar-refractivity contribution in [3.8, 4) is 0 Å². The van der Waals surface area contributed by atoms with Gasteiger partial charge in [0.2, 0.25) is 5.43 Å². The van der Waals surface area contributed by atoms with Crippen molar-refractivity contribution in [2.75, 3.05) is 18.0 Å². The van der Waals surface area contributed by atoms with Crippen molar-refractivity contribution in [3.05, 3.63) is 81.6 Å². The summed E-state index contributed by atoms with van der Waals surface area (Å²) >= 11 is 0. The zero-order valence-corrected chi connectivity index (χ0v) is 18.0. The Morgan fingerprint density at radius 1 is 1.15 bits per heavy atom. The van der Waals surface area contributed by atoms with Crippen LogP contribution in [0.25, 0.3) is 21.9 Å². The fourth-order valence-corrected chi connectivity index (χ4v) is 4.81. The summed E-state index contributed by atoms with van der Waals surface area (Å²) in [4.78, 5) is 30.3. The molecular formula is C25H20F2N4O3. The van der Waals surface area contributed by atoms with E-state index >= 15 is 8.78 Å². The first-order chi connectivity index (χ1) is 16.3. The van der Waals surface area contributed by atoms with Gasteiger partial charge in [0, 0.05) is 30.7 Å². The van der Waals surface area contributed by atoms with Crippen LogP contribution in [-0.4, -0.2) is 33.7 Å². The van der Waals surface area contributed by atoms with Gasteiger partial charge in [0.1, 0.15) is 28.2 Å². The second-order valence-corrected chi connectivity index (χ2v) is 9.15. The van der Waals surface area contributed by atoms with Gasteiger partial charge in [0.05, 0.1) is 10.9 Å². The van der Waals surface area contributed by atoms with E-state index in [2.05, 4.69) is 4.98 Å². The van der Waals surface area contributed by atoms with Crippen molar-refractivity contribution >= 4 is 33.6 Å². The van der Waals surface area contributed by atoms with E-state index in [4.69, 9.17) is 5.73 Å². The lowest BCUT2D eigenvalue weighted by Gasteiger charge is -2.49. The quantitative estimate of drug-likeness (QED) is 0.450. The van der Waals surface area contributed by atoms with Gasteiger partial charge in [0.25, 0.3) is 0 Å². The second-order valence-electron chi connectivity index (χ2n) is 9.15. The number of anilines is 1. The zero-order valence-electron chi connectivity index (χ0n) is 18.0. The Morgan fingerprint density at radius 3 is 2.50 bits per heavy atom. The predicted octanol–water partition coefficient (Wildman–Crippen LogP) is 3.54. The fourth-order valence-electron chi connectivity index (χ4n) is 4.81. The number of carboxylic acids is 1. The van der Waals surface area contributed by atoms with Gasteiger partial charge in [-0.25, -0.2) is 18.6 Å². The van der Waals surface area contributed by atoms with Crippen molar-refractivity contribution in [1.82, 2.24) is 9.55 Å². The molecule has 3 heterocycles. The molecular weight excluding hydrogens is 442 g/mol. The van der Waals surface area contributed by atoms with Crippen molar-refractivity contribution < 1.29 is 18.7 Å². The molecule has 0 unspecified atom stereocenters. The van der Waals surface area contributed by atoms with Crippen molar-refractivity contribution in [3.63, 3.8) is 0 Å². The van der Waals surface area contributed by atoms with Gasteiger partial charge in [-0.3, -0.25) is 4.79 Å². The molecule has 0 bridgehead atoms. The minimum absolute atomic E-state index is 0.00626. The standard InChI is InChI=1S/C25H20F2N4O3/c26-18-9-13-8-16-22(32)17(24(33)34)10-31(15-6-7-15)23(16)29-20(13)19(27)21(18)30-11-25(28,12-30)14-4-2-1-3-5-14/h1-5,8-10,15H,6-7,11-12,28H2,(H,33,34). The molecule has 2 aliphatic rings. The molecule has 4 aromatic rings. The lowest BCUT2D eigenvalue weighted by molar-refractivity contribution is 0.0695. The number of nitrogens with two attached hydrogens (primary N) is 1. The van der Waals surface area contributed by atoms with Crippen LogP contribution in [0.2, 0.25) is 0 Å². The van der Waals surface area contributed by atoms with Crippen LogP contribution in [0.3, 0.4) is 0 Å². The Morgan fingerprint density at radius 2 is 1.85 bits per heavy atom. The highest BCUT2D eigenvalue weighted by molar-refractivity contribution is 5.97. The van der Waals surface area contributed by atoms with Crippen LogP contribution in [0.1, 0.15) is 34.8 Å². The van der Waals surface area contributed by atoms with Crippen LogP contribution in [0.4, 0.5) is 14.5 Å². The number of pyridine rings is 2. The molecule has 6 rings (SSSR count). The molecule has 172 valence electrons. The van der Waals surface area contributed by atoms with E-state index in [1.54, 1.807) is 9.47 Å². The van der Waals surface area contributed by atoms with Gasteiger partial charge in [-0.15, -0.1) is 0 Å². The zero-order chi connectivity index (χ0) is 23.8. The highest BCUT2D eigenvalue weighted by atomic mass is 19.1. The van der Waals surface area contributed by atoms with E-state index in [0.29, 0.717) is 0 Å². The number of hydrogen-bond donors (Lipinski definition) is 2. The Labute approximate surface area is 192 Å². The lowest BCUT2D eigenvalue weighted by atomic mass is 9.83. The van der Waals surface area contributed by atoms with Crippen molar-refractivity contribution in [2.45, 2.75) is 24.4 Å². The number of halogens is 2. The Hall–Kier alpha value is -3.85. The Balaban J connectivity index is 1.49. The summed E-state index contributed by atoms with van der Waals surface area (Å²) in [6.45, 7) is 0.470. The fraction of sp³-hybridized carbons (Fsp3) is 0.240. The number of aromatic nitrogens is 2. The van der Waals surface area contributed by atoms with Crippen LogP contribution in [0, 0.1) is 11.6 Å². The first-order valence-corrected chi connectivity index (χ1v) is 11.0. The Bertz CT molecular complexity index is 1560. The normalized spacial score (nSPS) is 17.2. The smallest absolute Gasteiger partial charge is 0.341 e. The first kappa shape index (κ1) is 20.7. The van der Waals surface area contributed by atoms with E-state index in [0.717, 1.165) is 24.5 Å². The molecule has 7 nitrogen and oxygen atoms in total. The van der Waals surface area contributed by atoms with Crippen LogP contribution < -0.4 is 16.1 Å². The van der Waals surface area contributed by atoms with Gasteiger partial charge >= 0.3 is 5.97 Å².